The summed E-state index contributed by atoms with van der Waals surface area (Å²) in [5.41, 5.74) is 4.27. The predicted octanol–water partition coefficient (Wildman–Crippen LogP) is 0.971. The SMILES string of the molecule is CC(C)(O)C(C)(C)n1cnc(N)c1. The third kappa shape index (κ3) is 1.67. The summed E-state index contributed by atoms with van der Waals surface area (Å²) in [5.74, 6) is 0.470. The van der Waals surface area contributed by atoms with Crippen molar-refractivity contribution < 1.29 is 5.11 Å². The standard InChI is InChI=1S/C9H17N3O/c1-8(2,9(3,4)13)12-5-7(10)11-6-12/h5-6,13H,10H2,1-4H3. The van der Waals surface area contributed by atoms with Crippen LogP contribution in [0.4, 0.5) is 5.82 Å². The van der Waals surface area contributed by atoms with Crippen LogP contribution in [-0.2, 0) is 5.54 Å². The number of aromatic nitrogens is 2. The lowest BCUT2D eigenvalue weighted by Crippen LogP contribution is -2.46. The molecule has 13 heavy (non-hydrogen) atoms. The Morgan fingerprint density at radius 1 is 1.38 bits per heavy atom. The molecule has 1 rings (SSSR count). The Kier molecular flexibility index (Phi) is 2.11. The van der Waals surface area contributed by atoms with Crippen molar-refractivity contribution in [2.45, 2.75) is 38.8 Å². The zero-order valence-corrected chi connectivity index (χ0v) is 8.57. The normalized spacial score (nSPS) is 13.3. The Labute approximate surface area is 78.4 Å². The molecule has 1 aromatic rings. The molecule has 0 saturated heterocycles. The molecule has 0 atom stereocenters. The molecule has 1 aromatic heterocycles. The van der Waals surface area contributed by atoms with Crippen molar-refractivity contribution in [2.75, 3.05) is 5.73 Å². The fraction of sp³-hybridized carbons (Fsp3) is 0.667. The fourth-order valence-electron chi connectivity index (χ4n) is 0.960. The lowest BCUT2D eigenvalue weighted by atomic mass is 9.86. The third-order valence-electron chi connectivity index (χ3n) is 2.75. The van der Waals surface area contributed by atoms with E-state index in [1.807, 2.05) is 18.4 Å². The molecule has 0 unspecified atom stereocenters. The highest BCUT2D eigenvalue weighted by atomic mass is 16.3. The van der Waals surface area contributed by atoms with Crippen molar-refractivity contribution in [3.8, 4) is 0 Å². The lowest BCUT2D eigenvalue weighted by Gasteiger charge is -2.38. The molecule has 74 valence electrons. The van der Waals surface area contributed by atoms with E-state index in [-0.39, 0.29) is 0 Å². The minimum absolute atomic E-state index is 0.419. The summed E-state index contributed by atoms with van der Waals surface area (Å²) in [6.45, 7) is 7.41. The van der Waals surface area contributed by atoms with Gasteiger partial charge in [-0.15, -0.1) is 0 Å². The van der Waals surface area contributed by atoms with Crippen LogP contribution in [0.25, 0.3) is 0 Å². The molecular formula is C9H17N3O. The van der Waals surface area contributed by atoms with Gasteiger partial charge in [0.2, 0.25) is 0 Å². The summed E-state index contributed by atoms with van der Waals surface area (Å²) in [6.07, 6.45) is 3.35. The van der Waals surface area contributed by atoms with Gasteiger partial charge in [0, 0.05) is 6.20 Å². The zero-order chi connectivity index (χ0) is 10.3. The van der Waals surface area contributed by atoms with Crippen LogP contribution in [0.15, 0.2) is 12.5 Å². The number of hydrogen-bond donors (Lipinski definition) is 2. The van der Waals surface area contributed by atoms with Crippen molar-refractivity contribution in [1.82, 2.24) is 9.55 Å². The molecule has 1 heterocycles. The largest absolute Gasteiger partial charge is 0.388 e. The van der Waals surface area contributed by atoms with E-state index in [0.717, 1.165) is 0 Å². The van der Waals surface area contributed by atoms with E-state index < -0.39 is 11.1 Å². The molecule has 0 aliphatic carbocycles. The number of aliphatic hydroxyl groups is 1. The van der Waals surface area contributed by atoms with Gasteiger partial charge in [0.25, 0.3) is 0 Å². The summed E-state index contributed by atoms with van der Waals surface area (Å²) >= 11 is 0. The first-order valence-corrected chi connectivity index (χ1v) is 4.27. The van der Waals surface area contributed by atoms with Crippen molar-refractivity contribution in [1.29, 1.82) is 0 Å². The second-order valence-electron chi connectivity index (χ2n) is 4.32. The van der Waals surface area contributed by atoms with Crippen LogP contribution in [0.3, 0.4) is 0 Å². The monoisotopic (exact) mass is 183 g/mol. The summed E-state index contributed by atoms with van der Waals surface area (Å²) in [4.78, 5) is 3.93. The molecule has 0 saturated carbocycles. The van der Waals surface area contributed by atoms with E-state index in [2.05, 4.69) is 4.98 Å². The molecule has 0 bridgehead atoms. The molecule has 4 heteroatoms. The van der Waals surface area contributed by atoms with Gasteiger partial charge in [-0.25, -0.2) is 4.98 Å². The minimum atomic E-state index is -0.819. The van der Waals surface area contributed by atoms with Gasteiger partial charge in [0.05, 0.1) is 17.5 Å². The van der Waals surface area contributed by atoms with Gasteiger partial charge < -0.3 is 15.4 Å². The number of hydrogen-bond acceptors (Lipinski definition) is 3. The van der Waals surface area contributed by atoms with Gasteiger partial charge in [-0.05, 0) is 27.7 Å². The van der Waals surface area contributed by atoms with Crippen LogP contribution < -0.4 is 5.73 Å². The molecule has 0 spiro atoms. The fourth-order valence-corrected chi connectivity index (χ4v) is 0.960. The van der Waals surface area contributed by atoms with E-state index in [9.17, 15) is 5.11 Å². The third-order valence-corrected chi connectivity index (χ3v) is 2.75. The highest BCUT2D eigenvalue weighted by Gasteiger charge is 2.36. The van der Waals surface area contributed by atoms with E-state index in [0.29, 0.717) is 5.82 Å². The second-order valence-corrected chi connectivity index (χ2v) is 4.32. The lowest BCUT2D eigenvalue weighted by molar-refractivity contribution is -0.0262. The van der Waals surface area contributed by atoms with E-state index in [4.69, 9.17) is 5.73 Å². The maximum atomic E-state index is 9.92. The average Bonchev–Trinajstić information content (AvgIpc) is 2.33. The van der Waals surface area contributed by atoms with Gasteiger partial charge in [0.15, 0.2) is 0 Å². The topological polar surface area (TPSA) is 64.1 Å². The molecule has 0 aromatic carbocycles. The van der Waals surface area contributed by atoms with Crippen molar-refractivity contribution in [3.63, 3.8) is 0 Å². The summed E-state index contributed by atoms with van der Waals surface area (Å²) < 4.78 is 1.82. The maximum Gasteiger partial charge on any atom is 0.141 e. The molecule has 0 amide bonds. The quantitative estimate of drug-likeness (QED) is 0.718. The molecule has 0 radical (unpaired) electrons. The smallest absolute Gasteiger partial charge is 0.141 e. The molecule has 4 nitrogen and oxygen atoms in total. The second kappa shape index (κ2) is 2.73. The maximum absolute atomic E-state index is 9.92. The number of anilines is 1. The highest BCUT2D eigenvalue weighted by Crippen LogP contribution is 2.29. The van der Waals surface area contributed by atoms with Crippen LogP contribution >= 0.6 is 0 Å². The highest BCUT2D eigenvalue weighted by molar-refractivity contribution is 5.23. The van der Waals surface area contributed by atoms with Crippen LogP contribution in [0, 0.1) is 0 Å². The Bertz CT molecular complexity index is 296. The molecule has 0 fully saturated rings. The van der Waals surface area contributed by atoms with E-state index >= 15 is 0 Å². The first-order valence-electron chi connectivity index (χ1n) is 4.27. The van der Waals surface area contributed by atoms with Gasteiger partial charge in [-0.2, -0.15) is 0 Å². The summed E-state index contributed by atoms with van der Waals surface area (Å²) in [5, 5.41) is 9.92. The van der Waals surface area contributed by atoms with Crippen LogP contribution in [-0.4, -0.2) is 20.3 Å². The number of imidazole rings is 1. The van der Waals surface area contributed by atoms with Crippen molar-refractivity contribution >= 4 is 5.82 Å². The van der Waals surface area contributed by atoms with Gasteiger partial charge in [0.1, 0.15) is 5.82 Å². The first-order chi connectivity index (χ1) is 5.75. The minimum Gasteiger partial charge on any atom is -0.388 e. The Morgan fingerprint density at radius 3 is 2.23 bits per heavy atom. The van der Waals surface area contributed by atoms with Crippen LogP contribution in [0.5, 0.6) is 0 Å². The van der Waals surface area contributed by atoms with E-state index in [1.165, 1.54) is 0 Å². The van der Waals surface area contributed by atoms with Crippen molar-refractivity contribution in [2.24, 2.45) is 0 Å². The summed E-state index contributed by atoms with van der Waals surface area (Å²) in [6, 6.07) is 0. The predicted molar refractivity (Wildman–Crippen MR) is 52.3 cm³/mol. The average molecular weight is 183 g/mol. The van der Waals surface area contributed by atoms with Gasteiger partial charge in [-0.3, -0.25) is 0 Å². The van der Waals surface area contributed by atoms with Crippen molar-refractivity contribution in [3.05, 3.63) is 12.5 Å². The Morgan fingerprint density at radius 2 is 1.92 bits per heavy atom. The molecular weight excluding hydrogens is 166 g/mol. The van der Waals surface area contributed by atoms with Gasteiger partial charge >= 0.3 is 0 Å². The number of nitrogen functional groups attached to an aromatic ring is 1. The molecule has 0 aliphatic heterocycles. The zero-order valence-electron chi connectivity index (χ0n) is 8.57. The first kappa shape index (κ1) is 10.1. The van der Waals surface area contributed by atoms with Gasteiger partial charge in [-0.1, -0.05) is 0 Å². The van der Waals surface area contributed by atoms with E-state index in [1.54, 1.807) is 26.4 Å². The number of nitrogens with two attached hydrogens (primary N) is 1. The Hall–Kier alpha value is -1.03. The number of nitrogens with zero attached hydrogens (tertiary/aromatic N) is 2. The van der Waals surface area contributed by atoms with Crippen LogP contribution in [0.1, 0.15) is 27.7 Å². The number of rotatable bonds is 2. The molecule has 3 N–H and O–H groups in total. The summed E-state index contributed by atoms with van der Waals surface area (Å²) in [7, 11) is 0. The molecule has 0 aliphatic rings. The van der Waals surface area contributed by atoms with Crippen LogP contribution in [0.2, 0.25) is 0 Å². The Balaban J connectivity index is 3.07.